The van der Waals surface area contributed by atoms with E-state index < -0.39 is 0 Å². The molecule has 0 aromatic heterocycles. The molecular weight excluding hydrogens is 272 g/mol. The molecule has 0 bridgehead atoms. The summed E-state index contributed by atoms with van der Waals surface area (Å²) >= 11 is 0. The lowest BCUT2D eigenvalue weighted by Gasteiger charge is -2.62. The first-order chi connectivity index (χ1) is 10.7. The van der Waals surface area contributed by atoms with Gasteiger partial charge in [-0.25, -0.2) is 0 Å². The van der Waals surface area contributed by atoms with E-state index in [0.717, 1.165) is 25.9 Å². The summed E-state index contributed by atoms with van der Waals surface area (Å²) in [6, 6.07) is 8.70. The fourth-order valence-corrected chi connectivity index (χ4v) is 6.44. The van der Waals surface area contributed by atoms with Crippen LogP contribution in [0.25, 0.3) is 0 Å². The standard InChI is InChI=1S/C19H24N2O/c1-2-18-10-5-12-20-13-9-15-14-6-3-4-7-16(14)21(19(15,18)20)17(22)8-11-18/h3-4,6-7,15H,2,5,8-13H2,1H3/t15-,18+,19-/m0/s1. The molecule has 5 rings (SSSR count). The van der Waals surface area contributed by atoms with Gasteiger partial charge in [-0.3, -0.25) is 14.6 Å². The zero-order valence-electron chi connectivity index (χ0n) is 13.3. The molecule has 0 saturated carbocycles. The van der Waals surface area contributed by atoms with Gasteiger partial charge in [0.1, 0.15) is 5.66 Å². The van der Waals surface area contributed by atoms with Gasteiger partial charge in [0.25, 0.3) is 0 Å². The van der Waals surface area contributed by atoms with E-state index in [1.807, 2.05) is 0 Å². The van der Waals surface area contributed by atoms with E-state index in [2.05, 4.69) is 41.0 Å². The summed E-state index contributed by atoms with van der Waals surface area (Å²) in [4.78, 5) is 17.9. The highest BCUT2D eigenvalue weighted by molar-refractivity contribution is 5.99. The van der Waals surface area contributed by atoms with Crippen LogP contribution in [0.3, 0.4) is 0 Å². The smallest absolute Gasteiger partial charge is 0.228 e. The van der Waals surface area contributed by atoms with Gasteiger partial charge in [0, 0.05) is 36.5 Å². The van der Waals surface area contributed by atoms with Gasteiger partial charge in [-0.1, -0.05) is 25.1 Å². The van der Waals surface area contributed by atoms with E-state index in [4.69, 9.17) is 0 Å². The van der Waals surface area contributed by atoms with Crippen molar-refractivity contribution < 1.29 is 4.79 Å². The third-order valence-corrected chi connectivity index (χ3v) is 7.16. The molecule has 3 saturated heterocycles. The van der Waals surface area contributed by atoms with E-state index >= 15 is 0 Å². The van der Waals surface area contributed by atoms with Gasteiger partial charge in [-0.2, -0.15) is 0 Å². The normalized spacial score (nSPS) is 39.6. The van der Waals surface area contributed by atoms with Crippen LogP contribution in [0.2, 0.25) is 0 Å². The third kappa shape index (κ3) is 1.20. The van der Waals surface area contributed by atoms with Crippen LogP contribution in [0.5, 0.6) is 0 Å². The summed E-state index contributed by atoms with van der Waals surface area (Å²) in [5.41, 5.74) is 2.89. The number of amides is 1. The molecule has 116 valence electrons. The van der Waals surface area contributed by atoms with Gasteiger partial charge < -0.3 is 0 Å². The molecule has 4 aliphatic heterocycles. The van der Waals surface area contributed by atoms with E-state index in [9.17, 15) is 4.79 Å². The molecule has 3 heteroatoms. The van der Waals surface area contributed by atoms with Crippen LogP contribution in [0.1, 0.15) is 56.9 Å². The predicted octanol–water partition coefficient (Wildman–Crippen LogP) is 3.50. The number of fused-ring (bicyclic) bond motifs is 3. The topological polar surface area (TPSA) is 23.6 Å². The van der Waals surface area contributed by atoms with Gasteiger partial charge in [-0.05, 0) is 43.7 Å². The van der Waals surface area contributed by atoms with Crippen molar-refractivity contribution >= 4 is 11.6 Å². The lowest BCUT2D eigenvalue weighted by atomic mass is 9.59. The van der Waals surface area contributed by atoms with Gasteiger partial charge in [0.05, 0.1) is 0 Å². The zero-order valence-corrected chi connectivity index (χ0v) is 13.3. The molecule has 0 aliphatic carbocycles. The summed E-state index contributed by atoms with van der Waals surface area (Å²) < 4.78 is 0. The van der Waals surface area contributed by atoms with Crippen LogP contribution in [0.4, 0.5) is 5.69 Å². The highest BCUT2D eigenvalue weighted by Crippen LogP contribution is 2.68. The lowest BCUT2D eigenvalue weighted by molar-refractivity contribution is -0.137. The molecule has 3 nitrogen and oxygen atoms in total. The number of rotatable bonds is 1. The molecule has 4 aliphatic rings. The predicted molar refractivity (Wildman–Crippen MR) is 86.8 cm³/mol. The first-order valence-corrected chi connectivity index (χ1v) is 8.92. The molecule has 0 unspecified atom stereocenters. The minimum Gasteiger partial charge on any atom is -0.292 e. The Labute approximate surface area is 132 Å². The highest BCUT2D eigenvalue weighted by atomic mass is 16.2. The van der Waals surface area contributed by atoms with Crippen molar-refractivity contribution in [3.05, 3.63) is 29.8 Å². The highest BCUT2D eigenvalue weighted by Gasteiger charge is 2.71. The van der Waals surface area contributed by atoms with E-state index in [1.165, 1.54) is 36.9 Å². The van der Waals surface area contributed by atoms with Crippen LogP contribution in [-0.2, 0) is 4.79 Å². The van der Waals surface area contributed by atoms with Crippen molar-refractivity contribution in [2.45, 2.75) is 57.0 Å². The number of hydrogen-bond acceptors (Lipinski definition) is 2. The van der Waals surface area contributed by atoms with Crippen molar-refractivity contribution in [1.29, 1.82) is 0 Å². The van der Waals surface area contributed by atoms with Crippen LogP contribution in [0.15, 0.2) is 24.3 Å². The van der Waals surface area contributed by atoms with Crippen LogP contribution in [-0.4, -0.2) is 29.6 Å². The number of anilines is 1. The Morgan fingerprint density at radius 3 is 2.95 bits per heavy atom. The number of piperidine rings is 2. The molecule has 3 atom stereocenters. The summed E-state index contributed by atoms with van der Waals surface area (Å²) in [5.74, 6) is 0.876. The minimum atomic E-state index is -0.0426. The molecule has 0 N–H and O–H groups in total. The zero-order chi connectivity index (χ0) is 14.9. The third-order valence-electron chi connectivity index (χ3n) is 7.16. The molecule has 3 fully saturated rings. The Hall–Kier alpha value is -1.35. The number of carbonyl (C=O) groups is 1. The van der Waals surface area contributed by atoms with Crippen LogP contribution < -0.4 is 4.90 Å². The largest absolute Gasteiger partial charge is 0.292 e. The van der Waals surface area contributed by atoms with Gasteiger partial charge in [0.2, 0.25) is 5.91 Å². The second-order valence-electron chi connectivity index (χ2n) is 7.58. The number of para-hydroxylation sites is 1. The second kappa shape index (κ2) is 4.14. The monoisotopic (exact) mass is 296 g/mol. The Balaban J connectivity index is 1.82. The van der Waals surface area contributed by atoms with Gasteiger partial charge in [0.15, 0.2) is 0 Å². The summed E-state index contributed by atoms with van der Waals surface area (Å²) in [6.07, 6.45) is 6.79. The quantitative estimate of drug-likeness (QED) is 0.792. The van der Waals surface area contributed by atoms with Crippen molar-refractivity contribution in [1.82, 2.24) is 4.90 Å². The Morgan fingerprint density at radius 1 is 1.23 bits per heavy atom. The minimum absolute atomic E-state index is 0.0426. The number of carbonyl (C=O) groups excluding carboxylic acids is 1. The van der Waals surface area contributed by atoms with Crippen molar-refractivity contribution in [3.63, 3.8) is 0 Å². The molecule has 22 heavy (non-hydrogen) atoms. The molecule has 1 amide bonds. The lowest BCUT2D eigenvalue weighted by Crippen LogP contribution is -2.73. The molecule has 4 heterocycles. The summed E-state index contributed by atoms with van der Waals surface area (Å²) in [6.45, 7) is 4.67. The fourth-order valence-electron chi connectivity index (χ4n) is 6.44. The molecule has 0 radical (unpaired) electrons. The Morgan fingerprint density at radius 2 is 2.09 bits per heavy atom. The second-order valence-corrected chi connectivity index (χ2v) is 7.58. The average Bonchev–Trinajstić information content (AvgIpc) is 3.06. The summed E-state index contributed by atoms with van der Waals surface area (Å²) in [7, 11) is 0. The molecule has 1 spiro atoms. The van der Waals surface area contributed by atoms with E-state index in [-0.39, 0.29) is 5.66 Å². The number of hydrogen-bond donors (Lipinski definition) is 0. The molecule has 1 aromatic carbocycles. The Bertz CT molecular complexity index is 657. The molecular formula is C19H24N2O. The number of benzene rings is 1. The maximum Gasteiger partial charge on any atom is 0.228 e. The number of nitrogens with zero attached hydrogens (tertiary/aromatic N) is 2. The van der Waals surface area contributed by atoms with Crippen molar-refractivity contribution in [2.24, 2.45) is 5.41 Å². The molecule has 1 aromatic rings. The summed E-state index contributed by atoms with van der Waals surface area (Å²) in [5, 5.41) is 0. The van der Waals surface area contributed by atoms with Gasteiger partial charge >= 0.3 is 0 Å². The van der Waals surface area contributed by atoms with Gasteiger partial charge in [-0.15, -0.1) is 0 Å². The maximum atomic E-state index is 13.0. The fraction of sp³-hybridized carbons (Fsp3) is 0.632. The SMILES string of the molecule is CC[C@@]12CCCN3CC[C@H]4c5ccccc5N(C(=O)CC1)[C@]432. The van der Waals surface area contributed by atoms with Crippen molar-refractivity contribution in [3.8, 4) is 0 Å². The Kier molecular flexibility index (Phi) is 2.47. The van der Waals surface area contributed by atoms with E-state index in [1.54, 1.807) is 0 Å². The van der Waals surface area contributed by atoms with Crippen molar-refractivity contribution in [2.75, 3.05) is 18.0 Å². The average molecular weight is 296 g/mol. The first kappa shape index (κ1) is 13.1. The first-order valence-electron chi connectivity index (χ1n) is 8.92. The van der Waals surface area contributed by atoms with E-state index in [0.29, 0.717) is 17.2 Å². The maximum absolute atomic E-state index is 13.0. The van der Waals surface area contributed by atoms with Crippen LogP contribution in [0, 0.1) is 5.41 Å². The van der Waals surface area contributed by atoms with Crippen LogP contribution >= 0.6 is 0 Å².